The molecule has 8 amide bonds. The highest BCUT2D eigenvalue weighted by atomic mass is 32.2. The maximum absolute atomic E-state index is 12.6. The monoisotopic (exact) mass is 1550 g/mol. The van der Waals surface area contributed by atoms with Gasteiger partial charge in [0, 0.05) is 101 Å². The molecule has 4 saturated heterocycles. The van der Waals surface area contributed by atoms with Crippen LogP contribution in [0.3, 0.4) is 0 Å². The predicted molar refractivity (Wildman–Crippen MR) is 417 cm³/mol. The van der Waals surface area contributed by atoms with Crippen LogP contribution in [0.15, 0.2) is 36.9 Å². The standard InChI is InChI=1S/C21H31N3O3S.C19H27N3O4S.C19H25N3O3S.C19H23N3O3S/c1-21(2,3)13-24-11-16(12-24)28(26,27)23-20(25)22-19-17-8-4-6-14(17)10-15-7-5-9-18(15)19;23-9-3-8-22-11-15(12-22)27(25,26)21-19(24)20-18-16-6-1-4-13(16)10-14-5-2-7-17(14)18;2*1-2-9-22-11-15(12-22)26(24,25)21-19(23)20-18-16-7-3-5-13(16)10-14-6-4-8-17(14)18/h10,16H,4-9,11-13H2,1-3H3,(H2,22,23,25);10,15,23H,1-9,11-12H2,(H2,20,21,24);2,10,15H,1,3-9,11-12H2,(H2,20,21,23);1,10,15H,3-9,11-12H2,(H2,20,21,23). The van der Waals surface area contributed by atoms with E-state index in [1.165, 1.54) is 89.0 Å². The van der Waals surface area contributed by atoms with Crippen LogP contribution >= 0.6 is 0 Å². The molecular formula is C78H106N12O13S4. The minimum atomic E-state index is -3.70. The minimum absolute atomic E-state index is 0.0975. The molecule has 29 heteroatoms. The third kappa shape index (κ3) is 17.9. The zero-order chi connectivity index (χ0) is 75.7. The number of sulfonamides is 4. The molecule has 8 aliphatic carbocycles. The van der Waals surface area contributed by atoms with Gasteiger partial charge in [-0.3, -0.25) is 14.7 Å². The molecule has 12 aliphatic rings. The van der Waals surface area contributed by atoms with Crippen LogP contribution < -0.4 is 40.2 Å². The molecule has 4 aliphatic heterocycles. The number of anilines is 4. The van der Waals surface area contributed by atoms with E-state index in [-0.39, 0.29) is 12.0 Å². The number of aryl methyl sites for hydroxylation is 8. The Morgan fingerprint density at radius 1 is 0.421 bits per heavy atom. The van der Waals surface area contributed by atoms with E-state index in [2.05, 4.69) is 103 Å². The van der Waals surface area contributed by atoms with Gasteiger partial charge in [-0.25, -0.2) is 71.7 Å². The smallest absolute Gasteiger partial charge is 0.332 e. The van der Waals surface area contributed by atoms with Crippen LogP contribution in [0.4, 0.5) is 41.9 Å². The molecule has 0 bridgehead atoms. The van der Waals surface area contributed by atoms with Gasteiger partial charge in [0.2, 0.25) is 40.1 Å². The molecule has 4 fully saturated rings. The first-order valence-corrected chi connectivity index (χ1v) is 44.7. The maximum Gasteiger partial charge on any atom is 0.332 e. The summed E-state index contributed by atoms with van der Waals surface area (Å²) in [6.07, 6.45) is 32.2. The Hall–Kier alpha value is -7.14. The van der Waals surface area contributed by atoms with Crippen molar-refractivity contribution in [3.05, 3.63) is 126 Å². The Kier molecular flexibility index (Phi) is 23.6. The van der Waals surface area contributed by atoms with E-state index in [9.17, 15) is 52.8 Å². The van der Waals surface area contributed by atoms with Crippen LogP contribution in [0, 0.1) is 17.8 Å². The maximum atomic E-state index is 12.6. The van der Waals surface area contributed by atoms with Crippen molar-refractivity contribution in [1.82, 2.24) is 38.5 Å². The Morgan fingerprint density at radius 3 is 0.897 bits per heavy atom. The molecule has 580 valence electrons. The lowest BCUT2D eigenvalue weighted by atomic mass is 9.94. The first-order valence-electron chi connectivity index (χ1n) is 38.6. The lowest BCUT2D eigenvalue weighted by Gasteiger charge is -2.41. The third-order valence-corrected chi connectivity index (χ3v) is 29.9. The number of amides is 8. The average molecular weight is 1550 g/mol. The molecule has 4 heterocycles. The third-order valence-electron chi connectivity index (χ3n) is 23.3. The number of carbonyl (C=O) groups excluding carboxylic acids is 4. The number of likely N-dealkylation sites (tertiary alicyclic amines) is 4. The quantitative estimate of drug-likeness (QED) is 0.0325. The van der Waals surface area contributed by atoms with Crippen molar-refractivity contribution >= 4 is 87.0 Å². The van der Waals surface area contributed by atoms with Crippen molar-refractivity contribution in [2.75, 3.05) is 106 Å². The second kappa shape index (κ2) is 32.4. The van der Waals surface area contributed by atoms with E-state index in [1.807, 2.05) is 14.7 Å². The fraction of sp³-hybridized carbons (Fsp3) is 0.590. The van der Waals surface area contributed by atoms with Gasteiger partial charge >= 0.3 is 24.1 Å². The second-order valence-electron chi connectivity index (χ2n) is 32.3. The van der Waals surface area contributed by atoms with Crippen LogP contribution in [0.1, 0.15) is 168 Å². The highest BCUT2D eigenvalue weighted by Gasteiger charge is 2.43. The van der Waals surface area contributed by atoms with Gasteiger partial charge in [-0.15, -0.1) is 13.0 Å². The summed E-state index contributed by atoms with van der Waals surface area (Å²) in [5, 5.41) is 18.1. The molecule has 0 atom stereocenters. The van der Waals surface area contributed by atoms with Gasteiger partial charge in [-0.05, 0) is 255 Å². The van der Waals surface area contributed by atoms with Crippen LogP contribution in [0.25, 0.3) is 0 Å². The number of nitrogens with zero attached hydrogens (tertiary/aromatic N) is 4. The van der Waals surface area contributed by atoms with Crippen LogP contribution in [-0.2, 0) is 143 Å². The van der Waals surface area contributed by atoms with E-state index in [0.717, 1.165) is 183 Å². The van der Waals surface area contributed by atoms with Crippen LogP contribution in [-0.4, -0.2) is 189 Å². The Balaban J connectivity index is 0.000000126. The molecule has 0 unspecified atom stereocenters. The van der Waals surface area contributed by atoms with Crippen LogP contribution in [0.2, 0.25) is 0 Å². The highest BCUT2D eigenvalue weighted by Crippen LogP contribution is 2.43. The van der Waals surface area contributed by atoms with E-state index < -0.39 is 85.2 Å². The molecule has 0 radical (unpaired) electrons. The summed E-state index contributed by atoms with van der Waals surface area (Å²) >= 11 is 0. The van der Waals surface area contributed by atoms with Crippen molar-refractivity contribution in [1.29, 1.82) is 0 Å². The lowest BCUT2D eigenvalue weighted by molar-refractivity contribution is 0.128. The van der Waals surface area contributed by atoms with E-state index >= 15 is 0 Å². The highest BCUT2D eigenvalue weighted by molar-refractivity contribution is 7.91. The number of hydrogen-bond acceptors (Lipinski definition) is 17. The van der Waals surface area contributed by atoms with Gasteiger partial charge in [-0.2, -0.15) is 0 Å². The van der Waals surface area contributed by atoms with Crippen molar-refractivity contribution in [3.63, 3.8) is 0 Å². The van der Waals surface area contributed by atoms with Gasteiger partial charge in [0.15, 0.2) is 0 Å². The number of rotatable bonds is 19. The molecule has 9 N–H and O–H groups in total. The summed E-state index contributed by atoms with van der Waals surface area (Å²) in [5.41, 5.74) is 23.5. The van der Waals surface area contributed by atoms with E-state index in [1.54, 1.807) is 6.08 Å². The number of fused-ring (bicyclic) bond motifs is 8. The van der Waals surface area contributed by atoms with Gasteiger partial charge in [-0.1, -0.05) is 57.0 Å². The zero-order valence-electron chi connectivity index (χ0n) is 62.1. The number of urea groups is 4. The Morgan fingerprint density at radius 2 is 0.664 bits per heavy atom. The molecule has 4 aromatic carbocycles. The van der Waals surface area contributed by atoms with Crippen molar-refractivity contribution in [3.8, 4) is 12.3 Å². The summed E-state index contributed by atoms with van der Waals surface area (Å²) in [7, 11) is -14.7. The number of aliphatic hydroxyl groups is 1. The molecule has 16 rings (SSSR count). The molecule has 0 saturated carbocycles. The summed E-state index contributed by atoms with van der Waals surface area (Å²) < 4.78 is 109. The van der Waals surface area contributed by atoms with Crippen molar-refractivity contribution in [2.24, 2.45) is 5.41 Å². The Labute approximate surface area is 631 Å². The normalized spacial score (nSPS) is 19.5. The van der Waals surface area contributed by atoms with Gasteiger partial charge < -0.3 is 31.3 Å². The number of hydrogen-bond donors (Lipinski definition) is 9. The van der Waals surface area contributed by atoms with Crippen molar-refractivity contribution < 1.29 is 58.0 Å². The number of carbonyl (C=O) groups is 4. The molecule has 107 heavy (non-hydrogen) atoms. The minimum Gasteiger partial charge on any atom is -0.396 e. The SMILES string of the molecule is C#CCN1CC(S(=O)(=O)NC(=O)Nc2c3c(cc4c2CCC4)CCC3)C1.C=CCN1CC(S(=O)(=O)NC(=O)Nc2c3c(cc4c2CCC4)CCC3)C1.CC(C)(C)CN1CC(S(=O)(=O)NC(=O)Nc2c3c(cc4c2CCC4)CCC3)C1.O=C(Nc1c2c(cc3c1CCC3)CCC2)NS(=O)(=O)C1CN(CCCO)C1. The summed E-state index contributed by atoms with van der Waals surface area (Å²) in [6.45, 7) is 16.2. The average Bonchev–Trinajstić information content (AvgIpc) is 1.62. The first kappa shape index (κ1) is 78.0. The van der Waals surface area contributed by atoms with Gasteiger partial charge in [0.1, 0.15) is 21.0 Å². The summed E-state index contributed by atoms with van der Waals surface area (Å²) in [6, 6.07) is 6.56. The van der Waals surface area contributed by atoms with Gasteiger partial charge in [0.05, 0.1) is 6.54 Å². The van der Waals surface area contributed by atoms with Gasteiger partial charge in [0.25, 0.3) is 0 Å². The molecule has 25 nitrogen and oxygen atoms in total. The predicted octanol–water partition coefficient (Wildman–Crippen LogP) is 7.45. The largest absolute Gasteiger partial charge is 0.396 e. The number of benzene rings is 4. The first-order chi connectivity index (χ1) is 51.0. The fourth-order valence-electron chi connectivity index (χ4n) is 18.0. The van der Waals surface area contributed by atoms with Crippen LogP contribution in [0.5, 0.6) is 0 Å². The summed E-state index contributed by atoms with van der Waals surface area (Å²) in [4.78, 5) is 57.9. The lowest BCUT2D eigenvalue weighted by Crippen LogP contribution is -2.59. The molecule has 0 aromatic heterocycles. The van der Waals surface area contributed by atoms with E-state index in [0.29, 0.717) is 78.4 Å². The van der Waals surface area contributed by atoms with E-state index in [4.69, 9.17) is 11.5 Å². The second-order valence-corrected chi connectivity index (χ2v) is 40.2. The Bertz CT molecular complexity index is 4540. The summed E-state index contributed by atoms with van der Waals surface area (Å²) in [5.74, 6) is 2.49. The topological polar surface area (TPSA) is 334 Å². The fourth-order valence-corrected chi connectivity index (χ4v) is 23.2. The number of nitrogens with one attached hydrogen (secondary N) is 8. The molecule has 4 aromatic rings. The zero-order valence-corrected chi connectivity index (χ0v) is 65.4. The number of terminal acetylenes is 1. The van der Waals surface area contributed by atoms with Crippen molar-refractivity contribution in [2.45, 2.75) is 202 Å². The molecule has 0 spiro atoms. The number of aliphatic hydroxyl groups excluding tert-OH is 1. The molecular weight excluding hydrogens is 1440 g/mol.